The summed E-state index contributed by atoms with van der Waals surface area (Å²) < 4.78 is 18.2. The fraction of sp³-hybridized carbons (Fsp3) is 0.421. The standard InChI is InChI=1S/C19H23FN4O2/c1-13(11-26-2)23-18-16-7-9-24(10-8-17(16)21-12-22-18)19(25)14-3-5-15(20)6-4-14/h3-6,12-13H,7-11H2,1-2H3,(H,21,22,23). The molecule has 3 rings (SSSR count). The monoisotopic (exact) mass is 358 g/mol. The van der Waals surface area contributed by atoms with Crippen molar-refractivity contribution in [2.45, 2.75) is 25.8 Å². The number of amides is 1. The lowest BCUT2D eigenvalue weighted by Gasteiger charge is -2.20. The summed E-state index contributed by atoms with van der Waals surface area (Å²) in [7, 11) is 1.66. The fourth-order valence-electron chi connectivity index (χ4n) is 3.15. The van der Waals surface area contributed by atoms with Crippen LogP contribution in [0.4, 0.5) is 10.2 Å². The number of fused-ring (bicyclic) bond motifs is 1. The SMILES string of the molecule is COCC(C)Nc1ncnc2c1CCN(C(=O)c1ccc(F)cc1)CC2. The zero-order valence-electron chi connectivity index (χ0n) is 15.0. The average molecular weight is 358 g/mol. The Morgan fingerprint density at radius 3 is 2.73 bits per heavy atom. The van der Waals surface area contributed by atoms with Gasteiger partial charge in [0.2, 0.25) is 0 Å². The molecule has 0 saturated heterocycles. The number of nitrogens with one attached hydrogen (secondary N) is 1. The maximum absolute atomic E-state index is 13.1. The van der Waals surface area contributed by atoms with Crippen molar-refractivity contribution in [1.82, 2.24) is 14.9 Å². The van der Waals surface area contributed by atoms with Crippen molar-refractivity contribution >= 4 is 11.7 Å². The van der Waals surface area contributed by atoms with Crippen LogP contribution in [0, 0.1) is 5.82 Å². The van der Waals surface area contributed by atoms with Gasteiger partial charge in [-0.25, -0.2) is 14.4 Å². The van der Waals surface area contributed by atoms with E-state index < -0.39 is 0 Å². The van der Waals surface area contributed by atoms with Gasteiger partial charge in [0, 0.05) is 43.8 Å². The Labute approximate surface area is 152 Å². The Morgan fingerprint density at radius 2 is 2.00 bits per heavy atom. The Balaban J connectivity index is 1.74. The van der Waals surface area contributed by atoms with Gasteiger partial charge in [-0.1, -0.05) is 0 Å². The highest BCUT2D eigenvalue weighted by atomic mass is 19.1. The molecule has 1 N–H and O–H groups in total. The van der Waals surface area contributed by atoms with E-state index in [2.05, 4.69) is 15.3 Å². The van der Waals surface area contributed by atoms with Gasteiger partial charge in [0.1, 0.15) is 18.0 Å². The molecule has 0 saturated carbocycles. The van der Waals surface area contributed by atoms with Crippen LogP contribution in [0.15, 0.2) is 30.6 Å². The van der Waals surface area contributed by atoms with Crippen molar-refractivity contribution in [3.63, 3.8) is 0 Å². The largest absolute Gasteiger partial charge is 0.383 e. The number of aromatic nitrogens is 2. The predicted molar refractivity (Wildman–Crippen MR) is 96.7 cm³/mol. The molecule has 2 heterocycles. The molecule has 0 spiro atoms. The van der Waals surface area contributed by atoms with Crippen molar-refractivity contribution < 1.29 is 13.9 Å². The van der Waals surface area contributed by atoms with E-state index in [9.17, 15) is 9.18 Å². The second-order valence-electron chi connectivity index (χ2n) is 6.45. The van der Waals surface area contributed by atoms with Crippen LogP contribution in [0.5, 0.6) is 0 Å². The highest BCUT2D eigenvalue weighted by molar-refractivity contribution is 5.94. The van der Waals surface area contributed by atoms with Gasteiger partial charge in [-0.05, 0) is 37.6 Å². The molecular weight excluding hydrogens is 335 g/mol. The van der Waals surface area contributed by atoms with Crippen LogP contribution in [0.3, 0.4) is 0 Å². The predicted octanol–water partition coefficient (Wildman–Crippen LogP) is 2.30. The minimum absolute atomic E-state index is 0.0898. The number of hydrogen-bond donors (Lipinski definition) is 1. The maximum Gasteiger partial charge on any atom is 0.253 e. The van der Waals surface area contributed by atoms with Gasteiger partial charge in [-0.2, -0.15) is 0 Å². The summed E-state index contributed by atoms with van der Waals surface area (Å²) in [6.07, 6.45) is 2.89. The lowest BCUT2D eigenvalue weighted by atomic mass is 10.1. The molecule has 0 radical (unpaired) electrons. The topological polar surface area (TPSA) is 67.3 Å². The van der Waals surface area contributed by atoms with E-state index in [0.29, 0.717) is 38.1 Å². The number of carbonyl (C=O) groups is 1. The van der Waals surface area contributed by atoms with Gasteiger partial charge >= 0.3 is 0 Å². The fourth-order valence-corrected chi connectivity index (χ4v) is 3.15. The summed E-state index contributed by atoms with van der Waals surface area (Å²) in [5, 5.41) is 3.36. The van der Waals surface area contributed by atoms with Gasteiger partial charge in [-0.3, -0.25) is 4.79 Å². The smallest absolute Gasteiger partial charge is 0.253 e. The zero-order valence-corrected chi connectivity index (χ0v) is 15.0. The van der Waals surface area contributed by atoms with Crippen LogP contribution >= 0.6 is 0 Å². The number of anilines is 1. The van der Waals surface area contributed by atoms with E-state index in [1.807, 2.05) is 6.92 Å². The number of nitrogens with zero attached hydrogens (tertiary/aromatic N) is 3. The summed E-state index contributed by atoms with van der Waals surface area (Å²) in [5.41, 5.74) is 2.50. The molecule has 1 aromatic carbocycles. The molecule has 1 atom stereocenters. The van der Waals surface area contributed by atoms with Crippen LogP contribution in [-0.4, -0.2) is 53.6 Å². The molecule has 0 aliphatic carbocycles. The number of benzene rings is 1. The molecule has 26 heavy (non-hydrogen) atoms. The molecule has 1 unspecified atom stereocenters. The molecule has 138 valence electrons. The van der Waals surface area contributed by atoms with Crippen molar-refractivity contribution in [2.75, 3.05) is 32.1 Å². The summed E-state index contributed by atoms with van der Waals surface area (Å²) in [6, 6.07) is 5.79. The number of hydrogen-bond acceptors (Lipinski definition) is 5. The van der Waals surface area contributed by atoms with E-state index in [1.165, 1.54) is 24.3 Å². The molecule has 0 bridgehead atoms. The van der Waals surface area contributed by atoms with Crippen LogP contribution in [-0.2, 0) is 17.6 Å². The number of methoxy groups -OCH3 is 1. The summed E-state index contributed by atoms with van der Waals surface area (Å²) in [4.78, 5) is 23.3. The first kappa shape index (κ1) is 18.3. The lowest BCUT2D eigenvalue weighted by molar-refractivity contribution is 0.0763. The molecule has 7 heteroatoms. The minimum atomic E-state index is -0.346. The van der Waals surface area contributed by atoms with Crippen LogP contribution in [0.1, 0.15) is 28.5 Å². The Hall–Kier alpha value is -2.54. The van der Waals surface area contributed by atoms with Crippen molar-refractivity contribution in [3.8, 4) is 0 Å². The Bertz CT molecular complexity index is 767. The second-order valence-corrected chi connectivity index (χ2v) is 6.45. The molecule has 1 aliphatic heterocycles. The van der Waals surface area contributed by atoms with E-state index in [-0.39, 0.29) is 17.8 Å². The average Bonchev–Trinajstić information content (AvgIpc) is 2.85. The van der Waals surface area contributed by atoms with Gasteiger partial charge in [0.25, 0.3) is 5.91 Å². The molecule has 6 nitrogen and oxygen atoms in total. The maximum atomic E-state index is 13.1. The van der Waals surface area contributed by atoms with Crippen molar-refractivity contribution in [3.05, 3.63) is 53.2 Å². The molecule has 1 amide bonds. The van der Waals surface area contributed by atoms with E-state index >= 15 is 0 Å². The van der Waals surface area contributed by atoms with Gasteiger partial charge < -0.3 is 15.0 Å². The van der Waals surface area contributed by atoms with Crippen molar-refractivity contribution in [2.24, 2.45) is 0 Å². The number of rotatable bonds is 5. The highest BCUT2D eigenvalue weighted by Crippen LogP contribution is 2.22. The second kappa shape index (κ2) is 8.23. The molecule has 2 aromatic rings. The molecule has 1 aliphatic rings. The lowest BCUT2D eigenvalue weighted by Crippen LogP contribution is -2.33. The first-order valence-electron chi connectivity index (χ1n) is 8.71. The first-order valence-corrected chi connectivity index (χ1v) is 8.71. The van der Waals surface area contributed by atoms with E-state index in [0.717, 1.165) is 17.1 Å². The quantitative estimate of drug-likeness (QED) is 0.888. The van der Waals surface area contributed by atoms with Gasteiger partial charge in [0.05, 0.1) is 12.3 Å². The van der Waals surface area contributed by atoms with Crippen molar-refractivity contribution in [1.29, 1.82) is 0 Å². The normalized spacial score (nSPS) is 15.1. The van der Waals surface area contributed by atoms with Gasteiger partial charge in [0.15, 0.2) is 0 Å². The number of halogens is 1. The molecular formula is C19H23FN4O2. The molecule has 1 aromatic heterocycles. The van der Waals surface area contributed by atoms with Gasteiger partial charge in [-0.15, -0.1) is 0 Å². The first-order chi connectivity index (χ1) is 12.6. The van der Waals surface area contributed by atoms with E-state index in [4.69, 9.17) is 4.74 Å². The third-order valence-corrected chi connectivity index (χ3v) is 4.46. The van der Waals surface area contributed by atoms with E-state index in [1.54, 1.807) is 18.3 Å². The number of carbonyl (C=O) groups excluding carboxylic acids is 1. The Kier molecular flexibility index (Phi) is 5.78. The zero-order chi connectivity index (χ0) is 18.5. The Morgan fingerprint density at radius 1 is 1.27 bits per heavy atom. The minimum Gasteiger partial charge on any atom is -0.383 e. The summed E-state index contributed by atoms with van der Waals surface area (Å²) in [5.74, 6) is 0.365. The van der Waals surface area contributed by atoms with Crippen LogP contribution in [0.25, 0.3) is 0 Å². The summed E-state index contributed by atoms with van der Waals surface area (Å²) in [6.45, 7) is 3.75. The van der Waals surface area contributed by atoms with Crippen LogP contribution in [0.2, 0.25) is 0 Å². The third kappa shape index (κ3) is 4.16. The highest BCUT2D eigenvalue weighted by Gasteiger charge is 2.23. The third-order valence-electron chi connectivity index (χ3n) is 4.46. The number of ether oxygens (including phenoxy) is 1. The molecule has 0 fully saturated rings. The summed E-state index contributed by atoms with van der Waals surface area (Å²) >= 11 is 0. The van der Waals surface area contributed by atoms with Crippen LogP contribution < -0.4 is 5.32 Å².